The summed E-state index contributed by atoms with van der Waals surface area (Å²) in [5.74, 6) is -1.10. The fraction of sp³-hybridized carbons (Fsp3) is 0.0968. The molecule has 1 aliphatic heterocycles. The number of hydrogen-bond acceptors (Lipinski definition) is 7. The van der Waals surface area contributed by atoms with E-state index in [1.165, 1.54) is 13.2 Å². The monoisotopic (exact) mass is 552 g/mol. The molecule has 8 nitrogen and oxygen atoms in total. The molecular weight excluding hydrogens is 528 g/mol. The highest BCUT2D eigenvalue weighted by atomic mass is 32.2. The first-order valence-electron chi connectivity index (χ1n) is 12.3. The van der Waals surface area contributed by atoms with E-state index in [0.717, 1.165) is 33.0 Å². The first-order valence-corrected chi connectivity index (χ1v) is 13.1. The number of ether oxygens (including phenoxy) is 2. The number of esters is 1. The van der Waals surface area contributed by atoms with Gasteiger partial charge in [0.25, 0.3) is 11.1 Å². The van der Waals surface area contributed by atoms with Gasteiger partial charge in [0, 0.05) is 5.69 Å². The number of nitrogens with zero attached hydrogens (tertiary/aromatic N) is 1. The lowest BCUT2D eigenvalue weighted by Gasteiger charge is -2.12. The minimum Gasteiger partial charge on any atom is -0.493 e. The van der Waals surface area contributed by atoms with Crippen LogP contribution in [0.3, 0.4) is 0 Å². The number of amides is 3. The minimum absolute atomic E-state index is 0.163. The zero-order chi connectivity index (χ0) is 28.2. The van der Waals surface area contributed by atoms with Crippen molar-refractivity contribution in [3.8, 4) is 11.5 Å². The zero-order valence-corrected chi connectivity index (χ0v) is 22.5. The number of benzene rings is 4. The van der Waals surface area contributed by atoms with Crippen molar-refractivity contribution in [1.29, 1.82) is 0 Å². The lowest BCUT2D eigenvalue weighted by molar-refractivity contribution is -0.127. The molecular formula is C31H24N2O6S. The fourth-order valence-corrected chi connectivity index (χ4v) is 5.02. The smallest absolute Gasteiger partial charge is 0.344 e. The van der Waals surface area contributed by atoms with Gasteiger partial charge in [-0.15, -0.1) is 0 Å². The highest BCUT2D eigenvalue weighted by molar-refractivity contribution is 8.18. The number of anilines is 1. The molecule has 0 atom stereocenters. The SMILES string of the molecule is COc1cc(/C=C2\SC(=O)N(CC(=O)Nc3ccc(C)cc3)C2=O)ccc1OC(=O)c1cccc2ccccc12. The van der Waals surface area contributed by atoms with Gasteiger partial charge in [0.2, 0.25) is 5.91 Å². The van der Waals surface area contributed by atoms with Crippen LogP contribution in [0.4, 0.5) is 10.5 Å². The van der Waals surface area contributed by atoms with Crippen LogP contribution in [0.5, 0.6) is 11.5 Å². The van der Waals surface area contributed by atoms with Gasteiger partial charge in [-0.3, -0.25) is 19.3 Å². The molecule has 5 rings (SSSR count). The van der Waals surface area contributed by atoms with E-state index in [0.29, 0.717) is 16.8 Å². The van der Waals surface area contributed by atoms with E-state index in [1.807, 2.05) is 49.4 Å². The number of thioether (sulfide) groups is 1. The molecule has 0 radical (unpaired) electrons. The van der Waals surface area contributed by atoms with E-state index in [2.05, 4.69) is 5.32 Å². The van der Waals surface area contributed by atoms with Crippen LogP contribution in [0, 0.1) is 6.92 Å². The number of aryl methyl sites for hydroxylation is 1. The Hall–Kier alpha value is -4.89. The summed E-state index contributed by atoms with van der Waals surface area (Å²) in [5, 5.41) is 3.84. The first kappa shape index (κ1) is 26.7. The average Bonchev–Trinajstić information content (AvgIpc) is 3.21. The molecule has 1 aliphatic rings. The molecule has 1 N–H and O–H groups in total. The zero-order valence-electron chi connectivity index (χ0n) is 21.7. The summed E-state index contributed by atoms with van der Waals surface area (Å²) in [6.07, 6.45) is 1.53. The van der Waals surface area contributed by atoms with Crippen LogP contribution in [0.15, 0.2) is 89.8 Å². The summed E-state index contributed by atoms with van der Waals surface area (Å²) in [4.78, 5) is 51.9. The molecule has 1 saturated heterocycles. The van der Waals surface area contributed by atoms with Crippen molar-refractivity contribution >= 4 is 57.3 Å². The Balaban J connectivity index is 1.29. The number of fused-ring (bicyclic) bond motifs is 1. The molecule has 200 valence electrons. The molecule has 0 spiro atoms. The molecule has 0 aliphatic carbocycles. The van der Waals surface area contributed by atoms with Crippen LogP contribution in [-0.2, 0) is 9.59 Å². The Kier molecular flexibility index (Phi) is 7.65. The summed E-state index contributed by atoms with van der Waals surface area (Å²) in [5.41, 5.74) is 2.59. The third-order valence-corrected chi connectivity index (χ3v) is 7.12. The number of hydrogen-bond donors (Lipinski definition) is 1. The summed E-state index contributed by atoms with van der Waals surface area (Å²) in [7, 11) is 1.44. The average molecular weight is 553 g/mol. The second-order valence-corrected chi connectivity index (χ2v) is 10.0. The second kappa shape index (κ2) is 11.5. The van der Waals surface area contributed by atoms with Gasteiger partial charge in [0.1, 0.15) is 6.54 Å². The minimum atomic E-state index is -0.570. The van der Waals surface area contributed by atoms with Crippen LogP contribution in [0.25, 0.3) is 16.8 Å². The molecule has 4 aromatic carbocycles. The second-order valence-electron chi connectivity index (χ2n) is 9.01. The van der Waals surface area contributed by atoms with Crippen LogP contribution in [0.2, 0.25) is 0 Å². The highest BCUT2D eigenvalue weighted by Crippen LogP contribution is 2.35. The van der Waals surface area contributed by atoms with E-state index < -0.39 is 29.6 Å². The van der Waals surface area contributed by atoms with Crippen molar-refractivity contribution < 1.29 is 28.7 Å². The lowest BCUT2D eigenvalue weighted by Crippen LogP contribution is -2.36. The summed E-state index contributed by atoms with van der Waals surface area (Å²) in [6, 6.07) is 24.9. The van der Waals surface area contributed by atoms with Gasteiger partial charge < -0.3 is 14.8 Å². The third-order valence-electron chi connectivity index (χ3n) is 6.21. The van der Waals surface area contributed by atoms with Gasteiger partial charge in [-0.1, -0.05) is 60.2 Å². The van der Waals surface area contributed by atoms with E-state index in [-0.39, 0.29) is 16.4 Å². The van der Waals surface area contributed by atoms with E-state index in [9.17, 15) is 19.2 Å². The first-order chi connectivity index (χ1) is 19.3. The maximum atomic E-state index is 13.0. The predicted octanol–water partition coefficient (Wildman–Crippen LogP) is 6.05. The normalized spacial score (nSPS) is 14.1. The quantitative estimate of drug-likeness (QED) is 0.169. The van der Waals surface area contributed by atoms with E-state index in [4.69, 9.17) is 9.47 Å². The van der Waals surface area contributed by atoms with Crippen LogP contribution in [-0.4, -0.2) is 41.6 Å². The Morgan fingerprint density at radius 1 is 0.925 bits per heavy atom. The van der Waals surface area contributed by atoms with Gasteiger partial charge >= 0.3 is 5.97 Å². The molecule has 0 unspecified atom stereocenters. The van der Waals surface area contributed by atoms with Gasteiger partial charge in [0.15, 0.2) is 11.5 Å². The maximum Gasteiger partial charge on any atom is 0.344 e. The summed E-state index contributed by atoms with van der Waals surface area (Å²) >= 11 is 0.746. The van der Waals surface area contributed by atoms with Crippen molar-refractivity contribution in [2.24, 2.45) is 0 Å². The van der Waals surface area contributed by atoms with Crippen molar-refractivity contribution in [3.05, 3.63) is 107 Å². The van der Waals surface area contributed by atoms with Crippen LogP contribution >= 0.6 is 11.8 Å². The number of rotatable bonds is 7. The van der Waals surface area contributed by atoms with Gasteiger partial charge in [-0.25, -0.2) is 4.79 Å². The highest BCUT2D eigenvalue weighted by Gasteiger charge is 2.36. The Labute approximate surface area is 234 Å². The van der Waals surface area contributed by atoms with Crippen molar-refractivity contribution in [3.63, 3.8) is 0 Å². The Morgan fingerprint density at radius 2 is 1.68 bits per heavy atom. The molecule has 4 aromatic rings. The number of carbonyl (C=O) groups is 4. The van der Waals surface area contributed by atoms with Crippen molar-refractivity contribution in [1.82, 2.24) is 4.90 Å². The lowest BCUT2D eigenvalue weighted by atomic mass is 10.0. The largest absolute Gasteiger partial charge is 0.493 e. The number of imide groups is 1. The molecule has 9 heteroatoms. The van der Waals surface area contributed by atoms with Gasteiger partial charge in [-0.05, 0) is 71.4 Å². The molecule has 0 saturated carbocycles. The maximum absolute atomic E-state index is 13.0. The molecule has 0 aromatic heterocycles. The predicted molar refractivity (Wildman–Crippen MR) is 154 cm³/mol. The van der Waals surface area contributed by atoms with E-state index in [1.54, 1.807) is 42.5 Å². The number of methoxy groups -OCH3 is 1. The molecule has 3 amide bonds. The summed E-state index contributed by atoms with van der Waals surface area (Å²) in [6.45, 7) is 1.53. The Bertz CT molecular complexity index is 1670. The summed E-state index contributed by atoms with van der Waals surface area (Å²) < 4.78 is 11.1. The number of carbonyl (C=O) groups excluding carboxylic acids is 4. The fourth-order valence-electron chi connectivity index (χ4n) is 4.19. The molecule has 1 heterocycles. The van der Waals surface area contributed by atoms with Crippen molar-refractivity contribution in [2.45, 2.75) is 6.92 Å². The third kappa shape index (κ3) is 5.74. The molecule has 0 bridgehead atoms. The molecule has 1 fully saturated rings. The van der Waals surface area contributed by atoms with Gasteiger partial charge in [0.05, 0.1) is 17.6 Å². The van der Waals surface area contributed by atoms with Crippen LogP contribution < -0.4 is 14.8 Å². The van der Waals surface area contributed by atoms with Gasteiger partial charge in [-0.2, -0.15) is 0 Å². The standard InChI is InChI=1S/C31H24N2O6S/c1-19-10-13-22(14-11-19)32-28(34)18-33-29(35)27(40-31(33)37)17-20-12-15-25(26(16-20)38-2)39-30(36)24-9-5-7-21-6-3-4-8-23(21)24/h3-17H,18H2,1-2H3,(H,32,34)/b27-17-. The van der Waals surface area contributed by atoms with Crippen molar-refractivity contribution in [2.75, 3.05) is 19.0 Å². The molecule has 40 heavy (non-hydrogen) atoms. The topological polar surface area (TPSA) is 102 Å². The Morgan fingerprint density at radius 3 is 2.45 bits per heavy atom. The van der Waals surface area contributed by atoms with Crippen LogP contribution in [0.1, 0.15) is 21.5 Å². The van der Waals surface area contributed by atoms with E-state index >= 15 is 0 Å². The number of nitrogens with one attached hydrogen (secondary N) is 1.